The average molecular weight is 425 g/mol. The molecule has 2 aromatic rings. The fraction of sp³-hybridized carbons (Fsp3) is 0.188. The molecule has 0 amide bonds. The summed E-state index contributed by atoms with van der Waals surface area (Å²) in [6.07, 6.45) is -9.19. The van der Waals surface area contributed by atoms with E-state index in [1.165, 1.54) is 24.3 Å². The zero-order chi connectivity index (χ0) is 21.5. The molecular weight excluding hydrogens is 415 g/mol. The molecular formula is C16H10F5O6S-. The van der Waals surface area contributed by atoms with Crippen LogP contribution >= 0.6 is 0 Å². The third-order valence-corrected chi connectivity index (χ3v) is 4.48. The molecule has 0 fully saturated rings. The predicted octanol–water partition coefficient (Wildman–Crippen LogP) is 3.41. The van der Waals surface area contributed by atoms with Crippen LogP contribution in [0.5, 0.6) is 5.75 Å². The highest BCUT2D eigenvalue weighted by molar-refractivity contribution is 7.86. The highest BCUT2D eigenvalue weighted by atomic mass is 32.2. The van der Waals surface area contributed by atoms with E-state index in [2.05, 4.69) is 11.3 Å². The van der Waals surface area contributed by atoms with Crippen molar-refractivity contribution in [3.05, 3.63) is 48.0 Å². The molecule has 28 heavy (non-hydrogen) atoms. The van der Waals surface area contributed by atoms with Crippen LogP contribution in [0, 0.1) is 0 Å². The van der Waals surface area contributed by atoms with Crippen LogP contribution < -0.4 is 0 Å². The van der Waals surface area contributed by atoms with Gasteiger partial charge < -0.3 is 14.4 Å². The Labute approximate surface area is 154 Å². The largest absolute Gasteiger partial charge is 0.743 e. The monoisotopic (exact) mass is 425 g/mol. The number of hydrogen-bond acceptors (Lipinski definition) is 6. The zero-order valence-electron chi connectivity index (χ0n) is 13.5. The van der Waals surface area contributed by atoms with Crippen LogP contribution in [0.4, 0.5) is 22.0 Å². The van der Waals surface area contributed by atoms with Crippen molar-refractivity contribution >= 4 is 32.9 Å². The summed E-state index contributed by atoms with van der Waals surface area (Å²) in [5.41, 5.74) is -0.327. The number of fused-ring (bicyclic) bond motifs is 1. The first-order valence-corrected chi connectivity index (χ1v) is 8.59. The maximum atomic E-state index is 13.4. The maximum absolute atomic E-state index is 13.4. The SMILES string of the molecule is C=Cc1ccc2cc(C(=O)OC(C(F)(F)F)C(F)(F)S(=O)(=O)[O-])c(O)cc2c1. The Morgan fingerprint density at radius 2 is 1.75 bits per heavy atom. The van der Waals surface area contributed by atoms with Crippen LogP contribution in [0.2, 0.25) is 0 Å². The van der Waals surface area contributed by atoms with Crippen molar-refractivity contribution in [2.75, 3.05) is 0 Å². The van der Waals surface area contributed by atoms with Gasteiger partial charge in [-0.2, -0.15) is 22.0 Å². The molecule has 2 aromatic carbocycles. The number of halogens is 5. The fourth-order valence-corrected chi connectivity index (χ4v) is 2.67. The second-order valence-corrected chi connectivity index (χ2v) is 6.98. The quantitative estimate of drug-likeness (QED) is 0.447. The molecule has 1 N–H and O–H groups in total. The Bertz CT molecular complexity index is 1050. The molecule has 0 aromatic heterocycles. The minimum Gasteiger partial charge on any atom is -0.743 e. The van der Waals surface area contributed by atoms with E-state index in [1.54, 1.807) is 0 Å². The topological polar surface area (TPSA) is 104 Å². The first-order chi connectivity index (χ1) is 12.7. The summed E-state index contributed by atoms with van der Waals surface area (Å²) in [5.74, 6) is -3.01. The van der Waals surface area contributed by atoms with E-state index in [-0.39, 0.29) is 5.39 Å². The molecule has 152 valence electrons. The van der Waals surface area contributed by atoms with Crippen LogP contribution in [-0.2, 0) is 14.9 Å². The van der Waals surface area contributed by atoms with Crippen molar-refractivity contribution in [2.24, 2.45) is 0 Å². The number of rotatable bonds is 5. The van der Waals surface area contributed by atoms with Gasteiger partial charge in [-0.05, 0) is 34.5 Å². The highest BCUT2D eigenvalue weighted by Gasteiger charge is 2.63. The fourth-order valence-electron chi connectivity index (χ4n) is 2.22. The number of benzene rings is 2. The molecule has 0 aliphatic carbocycles. The van der Waals surface area contributed by atoms with E-state index >= 15 is 0 Å². The summed E-state index contributed by atoms with van der Waals surface area (Å²) < 4.78 is 100. The number of hydrogen-bond donors (Lipinski definition) is 1. The Hall–Kier alpha value is -2.73. The zero-order valence-corrected chi connectivity index (χ0v) is 14.4. The Morgan fingerprint density at radius 1 is 1.14 bits per heavy atom. The first-order valence-electron chi connectivity index (χ1n) is 7.18. The van der Waals surface area contributed by atoms with Crippen molar-refractivity contribution in [2.45, 2.75) is 17.5 Å². The van der Waals surface area contributed by atoms with E-state index in [0.29, 0.717) is 10.9 Å². The van der Waals surface area contributed by atoms with Gasteiger partial charge in [-0.3, -0.25) is 0 Å². The smallest absolute Gasteiger partial charge is 0.432 e. The summed E-state index contributed by atoms with van der Waals surface area (Å²) in [5, 5.41) is 4.43. The number of carbonyl (C=O) groups is 1. The molecule has 0 spiro atoms. The molecule has 0 aliphatic heterocycles. The number of phenolic OH excluding ortho intramolecular Hbond substituents is 1. The molecule has 2 rings (SSSR count). The van der Waals surface area contributed by atoms with Gasteiger partial charge in [-0.25, -0.2) is 13.2 Å². The van der Waals surface area contributed by atoms with Crippen LogP contribution in [0.1, 0.15) is 15.9 Å². The molecule has 0 heterocycles. The van der Waals surface area contributed by atoms with Crippen LogP contribution in [0.3, 0.4) is 0 Å². The van der Waals surface area contributed by atoms with Crippen LogP contribution in [0.15, 0.2) is 36.9 Å². The predicted molar refractivity (Wildman–Crippen MR) is 85.6 cm³/mol. The van der Waals surface area contributed by atoms with Gasteiger partial charge in [-0.1, -0.05) is 24.8 Å². The second-order valence-electron chi connectivity index (χ2n) is 5.52. The summed E-state index contributed by atoms with van der Waals surface area (Å²) in [6, 6.07) is 6.24. The molecule has 1 atom stereocenters. The van der Waals surface area contributed by atoms with Gasteiger partial charge in [-0.15, -0.1) is 0 Å². The summed E-state index contributed by atoms with van der Waals surface area (Å²) in [6.45, 7) is 3.52. The highest BCUT2D eigenvalue weighted by Crippen LogP contribution is 2.39. The number of aromatic hydroxyl groups is 1. The number of alkyl halides is 5. The summed E-state index contributed by atoms with van der Waals surface area (Å²) in [4.78, 5) is 11.9. The number of ether oxygens (including phenoxy) is 1. The lowest BCUT2D eigenvalue weighted by Gasteiger charge is -2.29. The summed E-state index contributed by atoms with van der Waals surface area (Å²) in [7, 11) is -6.82. The molecule has 6 nitrogen and oxygen atoms in total. The molecule has 0 saturated carbocycles. The maximum Gasteiger partial charge on any atom is 0.432 e. The molecule has 0 radical (unpaired) electrons. The van der Waals surface area contributed by atoms with E-state index in [1.807, 2.05) is 0 Å². The number of carbonyl (C=O) groups excluding carboxylic acids is 1. The minimum atomic E-state index is -6.82. The van der Waals surface area contributed by atoms with Gasteiger partial charge in [0.2, 0.25) is 0 Å². The van der Waals surface area contributed by atoms with Gasteiger partial charge >= 0.3 is 17.4 Å². The molecule has 0 aliphatic rings. The van der Waals surface area contributed by atoms with Crippen molar-refractivity contribution in [1.82, 2.24) is 0 Å². The molecule has 1 unspecified atom stereocenters. The van der Waals surface area contributed by atoms with Gasteiger partial charge in [0, 0.05) is 0 Å². The Balaban J connectivity index is 2.49. The van der Waals surface area contributed by atoms with E-state index in [9.17, 15) is 44.8 Å². The molecule has 12 heteroatoms. The van der Waals surface area contributed by atoms with E-state index in [4.69, 9.17) is 0 Å². The third kappa shape index (κ3) is 4.07. The third-order valence-electron chi connectivity index (χ3n) is 3.60. The second kappa shape index (κ2) is 7.02. The average Bonchev–Trinajstić information content (AvgIpc) is 2.56. The normalized spacial score (nSPS) is 13.9. The number of esters is 1. The molecule has 0 saturated heterocycles. The van der Waals surface area contributed by atoms with Crippen molar-refractivity contribution < 1.29 is 49.6 Å². The van der Waals surface area contributed by atoms with E-state index in [0.717, 1.165) is 12.1 Å². The van der Waals surface area contributed by atoms with Gasteiger partial charge in [0.25, 0.3) is 6.10 Å². The Morgan fingerprint density at radius 3 is 2.25 bits per heavy atom. The summed E-state index contributed by atoms with van der Waals surface area (Å²) >= 11 is 0. The van der Waals surface area contributed by atoms with Crippen LogP contribution in [-0.4, -0.2) is 41.6 Å². The van der Waals surface area contributed by atoms with Crippen molar-refractivity contribution in [1.29, 1.82) is 0 Å². The first kappa shape index (κ1) is 21.6. The lowest BCUT2D eigenvalue weighted by atomic mass is 10.0. The van der Waals surface area contributed by atoms with Crippen molar-refractivity contribution in [3.63, 3.8) is 0 Å². The lowest BCUT2D eigenvalue weighted by molar-refractivity contribution is -0.248. The van der Waals surface area contributed by atoms with Crippen molar-refractivity contribution in [3.8, 4) is 5.75 Å². The van der Waals surface area contributed by atoms with Gasteiger partial charge in [0.05, 0.1) is 0 Å². The van der Waals surface area contributed by atoms with E-state index < -0.39 is 44.9 Å². The molecule has 0 bridgehead atoms. The number of phenols is 1. The Kier molecular flexibility index (Phi) is 5.41. The standard InChI is InChI=1S/C16H11F5O6S/c1-2-8-3-4-9-6-11(12(22)7-10(9)5-8)13(23)27-14(15(17,18)19)16(20,21)28(24,25)26/h2-7,14,22H,1H2,(H,24,25,26)/p-1. The van der Waals surface area contributed by atoms with Crippen LogP contribution in [0.25, 0.3) is 16.8 Å². The lowest BCUT2D eigenvalue weighted by Crippen LogP contribution is -2.52. The minimum absolute atomic E-state index is 0.224. The van der Waals surface area contributed by atoms with Gasteiger partial charge in [0.1, 0.15) is 11.3 Å². The van der Waals surface area contributed by atoms with Gasteiger partial charge in [0.15, 0.2) is 10.1 Å².